The van der Waals surface area contributed by atoms with Crippen molar-refractivity contribution in [3.05, 3.63) is 71.8 Å². The molecule has 3 rings (SSSR count). The van der Waals surface area contributed by atoms with E-state index in [4.69, 9.17) is 14.6 Å². The number of fused-ring (bicyclic) bond motifs is 1. The smallest absolute Gasteiger partial charge is 0.344 e. The van der Waals surface area contributed by atoms with Crippen molar-refractivity contribution in [3.8, 4) is 5.75 Å². The number of carbonyl (C=O) groups excluding carboxylic acids is 2. The maximum absolute atomic E-state index is 12.8. The van der Waals surface area contributed by atoms with Crippen LogP contribution in [0.2, 0.25) is 0 Å². The summed E-state index contributed by atoms with van der Waals surface area (Å²) in [4.78, 5) is 24.2. The number of benzene rings is 3. The monoisotopic (exact) mass is 379 g/mol. The fourth-order valence-corrected chi connectivity index (χ4v) is 2.81. The molecule has 0 unspecified atom stereocenters. The predicted molar refractivity (Wildman–Crippen MR) is 107 cm³/mol. The number of carbonyl (C=O) groups is 2. The van der Waals surface area contributed by atoms with Gasteiger partial charge in [0.15, 0.2) is 6.61 Å². The van der Waals surface area contributed by atoms with Gasteiger partial charge in [-0.05, 0) is 35.9 Å². The molecule has 0 fully saturated rings. The molecule has 0 aliphatic heterocycles. The highest BCUT2D eigenvalue weighted by atomic mass is 16.6. The summed E-state index contributed by atoms with van der Waals surface area (Å²) in [6.45, 7) is 1.43. The number of amides is 1. The Balaban J connectivity index is 1.70. The summed E-state index contributed by atoms with van der Waals surface area (Å²) >= 11 is 0. The summed E-state index contributed by atoms with van der Waals surface area (Å²) in [5.74, 6) is -0.379. The molecule has 3 aromatic carbocycles. The topological polar surface area (TPSA) is 84.9 Å². The van der Waals surface area contributed by atoms with Gasteiger partial charge in [0.05, 0.1) is 6.61 Å². The quantitative estimate of drug-likeness (QED) is 0.615. The van der Waals surface area contributed by atoms with Crippen LogP contribution in [0.1, 0.15) is 15.9 Å². The summed E-state index contributed by atoms with van der Waals surface area (Å²) in [6, 6.07) is 18.3. The van der Waals surface area contributed by atoms with Crippen LogP contribution in [0.3, 0.4) is 0 Å². The van der Waals surface area contributed by atoms with Crippen LogP contribution >= 0.6 is 0 Å². The molecule has 0 saturated heterocycles. The third kappa shape index (κ3) is 4.86. The van der Waals surface area contributed by atoms with Gasteiger partial charge in [-0.3, -0.25) is 4.79 Å². The summed E-state index contributed by atoms with van der Waals surface area (Å²) in [5.41, 5.74) is 2.26. The van der Waals surface area contributed by atoms with Gasteiger partial charge >= 0.3 is 5.97 Å². The van der Waals surface area contributed by atoms with Crippen molar-refractivity contribution in [1.82, 2.24) is 0 Å². The fraction of sp³-hybridized carbons (Fsp3) is 0.182. The molecular weight excluding hydrogens is 358 g/mol. The zero-order chi connectivity index (χ0) is 19.9. The van der Waals surface area contributed by atoms with Crippen LogP contribution in [0.4, 0.5) is 5.69 Å². The molecule has 0 atom stereocenters. The number of esters is 1. The first-order chi connectivity index (χ1) is 13.6. The van der Waals surface area contributed by atoms with Crippen molar-refractivity contribution in [2.45, 2.75) is 6.92 Å². The van der Waals surface area contributed by atoms with Crippen LogP contribution in [0.5, 0.6) is 5.75 Å². The number of ether oxygens (including phenoxy) is 2. The molecule has 0 radical (unpaired) electrons. The van der Waals surface area contributed by atoms with Crippen molar-refractivity contribution < 1.29 is 24.2 Å². The summed E-state index contributed by atoms with van der Waals surface area (Å²) in [6.07, 6.45) is 0. The molecule has 0 spiro atoms. The van der Waals surface area contributed by atoms with E-state index in [0.717, 1.165) is 16.3 Å². The SMILES string of the molecule is Cc1ccc2c(C(=O)Nc3cccc(OCC(=O)OCCO)c3)cccc2c1. The van der Waals surface area contributed by atoms with E-state index in [2.05, 4.69) is 5.32 Å². The first-order valence-electron chi connectivity index (χ1n) is 8.87. The number of nitrogens with one attached hydrogen (secondary N) is 1. The summed E-state index contributed by atoms with van der Waals surface area (Å²) < 4.78 is 10.1. The standard InChI is InChI=1S/C22H21NO5/c1-15-8-9-19-16(12-15)4-2-7-20(19)22(26)23-17-5-3-6-18(13-17)28-14-21(25)27-11-10-24/h2-9,12-13,24H,10-11,14H2,1H3,(H,23,26). The van der Waals surface area contributed by atoms with Crippen LogP contribution in [-0.4, -0.2) is 36.8 Å². The number of aryl methyl sites for hydroxylation is 1. The Morgan fingerprint density at radius 2 is 1.86 bits per heavy atom. The van der Waals surface area contributed by atoms with E-state index in [9.17, 15) is 9.59 Å². The van der Waals surface area contributed by atoms with Gasteiger partial charge in [-0.25, -0.2) is 4.79 Å². The highest BCUT2D eigenvalue weighted by molar-refractivity contribution is 6.13. The van der Waals surface area contributed by atoms with Gasteiger partial charge in [-0.2, -0.15) is 0 Å². The number of aliphatic hydroxyl groups is 1. The van der Waals surface area contributed by atoms with Crippen molar-refractivity contribution in [3.63, 3.8) is 0 Å². The number of anilines is 1. The van der Waals surface area contributed by atoms with Crippen molar-refractivity contribution >= 4 is 28.3 Å². The Morgan fingerprint density at radius 1 is 1.04 bits per heavy atom. The normalized spacial score (nSPS) is 10.5. The molecule has 28 heavy (non-hydrogen) atoms. The van der Waals surface area contributed by atoms with Crippen molar-refractivity contribution in [2.75, 3.05) is 25.1 Å². The van der Waals surface area contributed by atoms with Crippen LogP contribution in [0.15, 0.2) is 60.7 Å². The Labute approximate surface area is 162 Å². The molecule has 6 heteroatoms. The van der Waals surface area contributed by atoms with Gasteiger partial charge in [0.25, 0.3) is 5.91 Å². The van der Waals surface area contributed by atoms with Gasteiger partial charge in [0.2, 0.25) is 0 Å². The van der Waals surface area contributed by atoms with E-state index < -0.39 is 5.97 Å². The zero-order valence-corrected chi connectivity index (χ0v) is 15.5. The van der Waals surface area contributed by atoms with E-state index in [1.54, 1.807) is 30.3 Å². The highest BCUT2D eigenvalue weighted by Crippen LogP contribution is 2.23. The molecule has 0 aliphatic rings. The third-order valence-electron chi connectivity index (χ3n) is 4.08. The maximum atomic E-state index is 12.8. The fourth-order valence-electron chi connectivity index (χ4n) is 2.81. The maximum Gasteiger partial charge on any atom is 0.344 e. The molecule has 0 saturated carbocycles. The second-order valence-electron chi connectivity index (χ2n) is 6.24. The highest BCUT2D eigenvalue weighted by Gasteiger charge is 2.11. The zero-order valence-electron chi connectivity index (χ0n) is 15.5. The minimum absolute atomic E-state index is 0.0666. The average molecular weight is 379 g/mol. The van der Waals surface area contributed by atoms with Crippen molar-refractivity contribution in [2.24, 2.45) is 0 Å². The molecule has 0 aliphatic carbocycles. The molecular formula is C22H21NO5. The third-order valence-corrected chi connectivity index (χ3v) is 4.08. The Morgan fingerprint density at radius 3 is 2.68 bits per heavy atom. The largest absolute Gasteiger partial charge is 0.482 e. The van der Waals surface area contributed by atoms with Crippen molar-refractivity contribution in [1.29, 1.82) is 0 Å². The molecule has 2 N–H and O–H groups in total. The van der Waals surface area contributed by atoms with Gasteiger partial charge in [-0.15, -0.1) is 0 Å². The number of hydrogen-bond acceptors (Lipinski definition) is 5. The van der Waals surface area contributed by atoms with E-state index in [-0.39, 0.29) is 25.7 Å². The number of rotatable bonds is 7. The number of hydrogen-bond donors (Lipinski definition) is 2. The molecule has 144 valence electrons. The van der Waals surface area contributed by atoms with E-state index in [1.165, 1.54) is 0 Å². The molecule has 3 aromatic rings. The van der Waals surface area contributed by atoms with E-state index in [1.807, 2.05) is 37.3 Å². The summed E-state index contributed by atoms with van der Waals surface area (Å²) in [7, 11) is 0. The van der Waals surface area contributed by atoms with Crippen LogP contribution in [0.25, 0.3) is 10.8 Å². The lowest BCUT2D eigenvalue weighted by Gasteiger charge is -2.11. The van der Waals surface area contributed by atoms with Gasteiger partial charge in [-0.1, -0.05) is 42.0 Å². The van der Waals surface area contributed by atoms with Gasteiger partial charge in [0.1, 0.15) is 12.4 Å². The lowest BCUT2D eigenvalue weighted by molar-refractivity contribution is -0.146. The lowest BCUT2D eigenvalue weighted by Crippen LogP contribution is -2.17. The minimum Gasteiger partial charge on any atom is -0.482 e. The van der Waals surface area contributed by atoms with E-state index >= 15 is 0 Å². The van der Waals surface area contributed by atoms with Gasteiger partial charge in [0, 0.05) is 17.3 Å². The Bertz CT molecular complexity index is 999. The second-order valence-corrected chi connectivity index (χ2v) is 6.24. The first kappa shape index (κ1) is 19.4. The Kier molecular flexibility index (Phi) is 6.24. The molecule has 0 heterocycles. The predicted octanol–water partition coefficient (Wildman–Crippen LogP) is 3.31. The minimum atomic E-state index is -0.575. The summed E-state index contributed by atoms with van der Waals surface area (Å²) in [5, 5.41) is 13.4. The second kappa shape index (κ2) is 9.01. The van der Waals surface area contributed by atoms with E-state index in [0.29, 0.717) is 17.0 Å². The average Bonchev–Trinajstić information content (AvgIpc) is 2.70. The Hall–Kier alpha value is -3.38. The lowest BCUT2D eigenvalue weighted by atomic mass is 10.0. The molecule has 0 bridgehead atoms. The van der Waals surface area contributed by atoms with Crippen LogP contribution < -0.4 is 10.1 Å². The number of aliphatic hydroxyl groups excluding tert-OH is 1. The molecule has 1 amide bonds. The first-order valence-corrected chi connectivity index (χ1v) is 8.87. The van der Waals surface area contributed by atoms with Crippen LogP contribution in [0, 0.1) is 6.92 Å². The molecule has 6 nitrogen and oxygen atoms in total. The van der Waals surface area contributed by atoms with Gasteiger partial charge < -0.3 is 19.9 Å². The van der Waals surface area contributed by atoms with Crippen LogP contribution in [-0.2, 0) is 9.53 Å². The molecule has 0 aromatic heterocycles.